The van der Waals surface area contributed by atoms with Crippen molar-refractivity contribution in [1.82, 2.24) is 25.6 Å². The van der Waals surface area contributed by atoms with Crippen LogP contribution >= 0.6 is 11.8 Å². The van der Waals surface area contributed by atoms with E-state index < -0.39 is 0 Å². The molecule has 0 radical (unpaired) electrons. The first-order valence-electron chi connectivity index (χ1n) is 9.14. The molecule has 2 aliphatic rings. The first-order valence-corrected chi connectivity index (χ1v) is 10.1. The highest BCUT2D eigenvalue weighted by Crippen LogP contribution is 2.30. The van der Waals surface area contributed by atoms with E-state index >= 15 is 0 Å². The Hall–Kier alpha value is -2.06. The molecule has 0 aliphatic carbocycles. The van der Waals surface area contributed by atoms with Crippen molar-refractivity contribution >= 4 is 34.5 Å². The van der Waals surface area contributed by atoms with Crippen molar-refractivity contribution in [2.45, 2.75) is 32.2 Å². The number of hydrogen-bond acceptors (Lipinski definition) is 6. The molecule has 4 rings (SSSR count). The van der Waals surface area contributed by atoms with Gasteiger partial charge in [0.15, 0.2) is 0 Å². The molecule has 138 valence electrons. The van der Waals surface area contributed by atoms with E-state index in [1.807, 2.05) is 19.3 Å². The Morgan fingerprint density at radius 2 is 2.31 bits per heavy atom. The van der Waals surface area contributed by atoms with Gasteiger partial charge in [0, 0.05) is 37.3 Å². The maximum absolute atomic E-state index is 12.7. The number of anilines is 1. The first kappa shape index (κ1) is 17.4. The molecule has 2 aromatic rings. The summed E-state index contributed by atoms with van der Waals surface area (Å²) >= 11 is 1.61. The summed E-state index contributed by atoms with van der Waals surface area (Å²) in [6.45, 7) is 4.75. The maximum Gasteiger partial charge on any atom is 0.259 e. The van der Waals surface area contributed by atoms with E-state index in [0.29, 0.717) is 0 Å². The van der Waals surface area contributed by atoms with Crippen LogP contribution in [0.1, 0.15) is 24.8 Å². The maximum atomic E-state index is 12.7. The fourth-order valence-electron chi connectivity index (χ4n) is 3.50. The molecule has 7 nitrogen and oxygen atoms in total. The molecule has 1 atom stereocenters. The predicted octanol–water partition coefficient (Wildman–Crippen LogP) is 1.92. The number of aryl methyl sites for hydroxylation is 1. The van der Waals surface area contributed by atoms with Crippen molar-refractivity contribution in [3.05, 3.63) is 29.2 Å². The number of nitrogens with zero attached hydrogens (tertiary/aromatic N) is 3. The zero-order chi connectivity index (χ0) is 17.9. The van der Waals surface area contributed by atoms with E-state index in [-0.39, 0.29) is 11.9 Å². The Kier molecular flexibility index (Phi) is 5.12. The molecule has 2 aliphatic heterocycles. The summed E-state index contributed by atoms with van der Waals surface area (Å²) in [5.41, 5.74) is 1.94. The Bertz CT molecular complexity index is 824. The molecule has 26 heavy (non-hydrogen) atoms. The fourth-order valence-corrected chi connectivity index (χ4v) is 4.40. The molecule has 1 fully saturated rings. The standard InChI is InChI=1S/C18H24N6OS/c1-12-8-20-16-15(12)17(22-11-21-16)24-6-7-26-14(10-24)18(25)23-13-4-2-3-5-19-9-13/h8,10-11,13,19H,2-7,9H2,1H3,(H,23,25)(H,20,21,22)/t13-/m1/s1. The van der Waals surface area contributed by atoms with Gasteiger partial charge in [0.05, 0.1) is 10.3 Å². The second-order valence-electron chi connectivity index (χ2n) is 6.80. The van der Waals surface area contributed by atoms with E-state index in [0.717, 1.165) is 65.5 Å². The number of carbonyl (C=O) groups excluding carboxylic acids is 1. The van der Waals surface area contributed by atoms with Crippen LogP contribution in [0.15, 0.2) is 23.6 Å². The number of thioether (sulfide) groups is 1. The summed E-state index contributed by atoms with van der Waals surface area (Å²) in [5, 5.41) is 7.60. The highest BCUT2D eigenvalue weighted by molar-refractivity contribution is 8.04. The van der Waals surface area contributed by atoms with E-state index in [2.05, 4.69) is 30.5 Å². The van der Waals surface area contributed by atoms with Crippen molar-refractivity contribution < 1.29 is 4.79 Å². The molecular formula is C18H24N6OS. The number of nitrogens with one attached hydrogen (secondary N) is 3. The molecule has 1 amide bonds. The van der Waals surface area contributed by atoms with Crippen LogP contribution in [-0.4, -0.2) is 52.3 Å². The van der Waals surface area contributed by atoms with Crippen LogP contribution in [0, 0.1) is 6.92 Å². The number of hydrogen-bond donors (Lipinski definition) is 3. The van der Waals surface area contributed by atoms with Crippen molar-refractivity contribution in [3.8, 4) is 0 Å². The van der Waals surface area contributed by atoms with Crippen LogP contribution in [-0.2, 0) is 4.79 Å². The normalized spacial score (nSPS) is 21.3. The van der Waals surface area contributed by atoms with Gasteiger partial charge in [-0.15, -0.1) is 11.8 Å². The lowest BCUT2D eigenvalue weighted by Gasteiger charge is -2.26. The van der Waals surface area contributed by atoms with Crippen molar-refractivity contribution in [2.24, 2.45) is 0 Å². The molecule has 0 bridgehead atoms. The largest absolute Gasteiger partial charge is 0.348 e. The molecule has 0 unspecified atom stereocenters. The SMILES string of the molecule is Cc1c[nH]c2ncnc(N3C=C(C(=O)N[C@@H]4CCCCNC4)SCC3)c12. The van der Waals surface area contributed by atoms with E-state index in [4.69, 9.17) is 0 Å². The minimum absolute atomic E-state index is 0.0180. The lowest BCUT2D eigenvalue weighted by atomic mass is 10.1. The molecule has 1 saturated heterocycles. The second kappa shape index (κ2) is 7.67. The lowest BCUT2D eigenvalue weighted by molar-refractivity contribution is -0.117. The molecule has 0 aromatic carbocycles. The highest BCUT2D eigenvalue weighted by atomic mass is 32.2. The van der Waals surface area contributed by atoms with Crippen molar-refractivity contribution in [3.63, 3.8) is 0 Å². The zero-order valence-electron chi connectivity index (χ0n) is 14.9. The third-order valence-corrected chi connectivity index (χ3v) is 5.88. The van der Waals surface area contributed by atoms with Gasteiger partial charge in [-0.25, -0.2) is 9.97 Å². The molecule has 2 aromatic heterocycles. The van der Waals surface area contributed by atoms with Crippen molar-refractivity contribution in [1.29, 1.82) is 0 Å². The third kappa shape index (κ3) is 3.57. The molecule has 0 spiro atoms. The summed E-state index contributed by atoms with van der Waals surface area (Å²) in [6.07, 6.45) is 8.81. The van der Waals surface area contributed by atoms with Gasteiger partial charge in [0.2, 0.25) is 0 Å². The van der Waals surface area contributed by atoms with Crippen LogP contribution < -0.4 is 15.5 Å². The summed E-state index contributed by atoms with van der Waals surface area (Å²) in [5.74, 6) is 1.73. The molecule has 8 heteroatoms. The zero-order valence-corrected chi connectivity index (χ0v) is 15.7. The summed E-state index contributed by atoms with van der Waals surface area (Å²) in [7, 11) is 0. The van der Waals surface area contributed by atoms with E-state index in [1.165, 1.54) is 6.42 Å². The van der Waals surface area contributed by atoms with E-state index in [9.17, 15) is 4.79 Å². The van der Waals surface area contributed by atoms with Gasteiger partial charge < -0.3 is 20.5 Å². The third-order valence-electron chi connectivity index (χ3n) is 4.89. The molecule has 0 saturated carbocycles. The average molecular weight is 372 g/mol. The van der Waals surface area contributed by atoms with Crippen molar-refractivity contribution in [2.75, 3.05) is 30.3 Å². The number of rotatable bonds is 3. The van der Waals surface area contributed by atoms with Gasteiger partial charge in [-0.2, -0.15) is 0 Å². The number of aromatic amines is 1. The van der Waals surface area contributed by atoms with Gasteiger partial charge in [0.1, 0.15) is 17.8 Å². The Morgan fingerprint density at radius 1 is 1.38 bits per heavy atom. The van der Waals surface area contributed by atoms with Crippen LogP contribution in [0.4, 0.5) is 5.82 Å². The Balaban J connectivity index is 1.55. The lowest BCUT2D eigenvalue weighted by Crippen LogP contribution is -2.42. The fraction of sp³-hybridized carbons (Fsp3) is 0.500. The monoisotopic (exact) mass is 372 g/mol. The number of fused-ring (bicyclic) bond motifs is 1. The molecular weight excluding hydrogens is 348 g/mol. The van der Waals surface area contributed by atoms with Gasteiger partial charge in [-0.05, 0) is 31.9 Å². The number of aromatic nitrogens is 3. The number of amides is 1. The summed E-state index contributed by atoms with van der Waals surface area (Å²) in [6, 6.07) is 0.208. The van der Waals surface area contributed by atoms with Gasteiger partial charge in [-0.3, -0.25) is 4.79 Å². The van der Waals surface area contributed by atoms with E-state index in [1.54, 1.807) is 18.1 Å². The Labute approximate surface area is 157 Å². The quantitative estimate of drug-likeness (QED) is 0.763. The second-order valence-corrected chi connectivity index (χ2v) is 7.93. The Morgan fingerprint density at radius 3 is 3.23 bits per heavy atom. The minimum Gasteiger partial charge on any atom is -0.348 e. The van der Waals surface area contributed by atoms with Crippen LogP contribution in [0.2, 0.25) is 0 Å². The summed E-state index contributed by atoms with van der Waals surface area (Å²) < 4.78 is 0. The summed E-state index contributed by atoms with van der Waals surface area (Å²) in [4.78, 5) is 27.5. The van der Waals surface area contributed by atoms with Crippen LogP contribution in [0.25, 0.3) is 11.0 Å². The van der Waals surface area contributed by atoms with Crippen LogP contribution in [0.3, 0.4) is 0 Å². The first-order chi connectivity index (χ1) is 12.7. The average Bonchev–Trinajstić information content (AvgIpc) is 2.88. The smallest absolute Gasteiger partial charge is 0.259 e. The number of carbonyl (C=O) groups is 1. The van der Waals surface area contributed by atoms with Crippen LogP contribution in [0.5, 0.6) is 0 Å². The minimum atomic E-state index is 0.0180. The molecule has 3 N–H and O–H groups in total. The topological polar surface area (TPSA) is 85.9 Å². The van der Waals surface area contributed by atoms with Gasteiger partial charge >= 0.3 is 0 Å². The van der Waals surface area contributed by atoms with Gasteiger partial charge in [0.25, 0.3) is 5.91 Å². The van der Waals surface area contributed by atoms with Gasteiger partial charge in [-0.1, -0.05) is 6.42 Å². The molecule has 4 heterocycles. The highest BCUT2D eigenvalue weighted by Gasteiger charge is 2.23. The number of H-pyrrole nitrogens is 1. The predicted molar refractivity (Wildman–Crippen MR) is 105 cm³/mol.